The van der Waals surface area contributed by atoms with Crippen LogP contribution in [0.2, 0.25) is 18.1 Å². The third-order valence-electron chi connectivity index (χ3n) is 6.63. The molecule has 1 N–H and O–H groups in total. The molecular weight excluding hydrogens is 502 g/mol. The van der Waals surface area contributed by atoms with E-state index in [1.165, 1.54) is 18.6 Å². The van der Waals surface area contributed by atoms with Gasteiger partial charge in [0, 0.05) is 30.1 Å². The molecular formula is C28H33N3O4SSi. The van der Waals surface area contributed by atoms with Gasteiger partial charge in [-0.15, -0.1) is 12.6 Å². The average molecular weight is 536 g/mol. The first-order chi connectivity index (χ1) is 17.3. The lowest BCUT2D eigenvalue weighted by Crippen LogP contribution is -2.43. The molecule has 0 bridgehead atoms. The zero-order chi connectivity index (χ0) is 27.4. The Morgan fingerprint density at radius 1 is 1.11 bits per heavy atom. The second kappa shape index (κ2) is 11.3. The van der Waals surface area contributed by atoms with Gasteiger partial charge in [-0.05, 0) is 48.0 Å². The minimum atomic E-state index is -2.04. The zero-order valence-electron chi connectivity index (χ0n) is 21.8. The molecule has 0 aliphatic carbocycles. The third kappa shape index (κ3) is 6.67. The fourth-order valence-electron chi connectivity index (χ4n) is 3.54. The molecule has 1 unspecified atom stereocenters. The van der Waals surface area contributed by atoms with Crippen molar-refractivity contribution in [3.63, 3.8) is 0 Å². The first-order valence-corrected chi connectivity index (χ1v) is 15.3. The number of nitrogens with zero attached hydrogens (tertiary/aromatic N) is 2. The summed E-state index contributed by atoms with van der Waals surface area (Å²) in [5.41, 5.74) is 1.33. The molecule has 9 heteroatoms. The summed E-state index contributed by atoms with van der Waals surface area (Å²) in [5, 5.41) is 2.73. The molecule has 194 valence electrons. The third-order valence-corrected chi connectivity index (χ3v) is 11.1. The first-order valence-electron chi connectivity index (χ1n) is 11.9. The van der Waals surface area contributed by atoms with E-state index in [2.05, 4.69) is 63.4 Å². The summed E-state index contributed by atoms with van der Waals surface area (Å²) in [7, 11) is -2.04. The van der Waals surface area contributed by atoms with Crippen molar-refractivity contribution in [2.45, 2.75) is 44.8 Å². The van der Waals surface area contributed by atoms with Crippen LogP contribution in [-0.4, -0.2) is 43.7 Å². The van der Waals surface area contributed by atoms with Crippen molar-refractivity contribution in [1.82, 2.24) is 10.2 Å². The van der Waals surface area contributed by atoms with E-state index in [0.717, 1.165) is 10.6 Å². The lowest BCUT2D eigenvalue weighted by atomic mass is 9.97. The van der Waals surface area contributed by atoms with E-state index in [4.69, 9.17) is 4.43 Å². The maximum Gasteiger partial charge on any atom is 0.261 e. The SMILES string of the molecule is C=C(S)/C=N\C=C/NC(=O)C(CN1C(=O)c2ccccc2C1=O)c1ccc(O[Si](C)(C)C(C)(C)C)cc1. The summed E-state index contributed by atoms with van der Waals surface area (Å²) >= 11 is 4.03. The predicted octanol–water partition coefficient (Wildman–Crippen LogP) is 5.55. The minimum absolute atomic E-state index is 0.0354. The molecule has 7 nitrogen and oxygen atoms in total. The Labute approximate surface area is 224 Å². The molecule has 0 saturated heterocycles. The van der Waals surface area contributed by atoms with Crippen LogP contribution in [0.15, 0.2) is 77.4 Å². The number of allylic oxidation sites excluding steroid dienone is 1. The topological polar surface area (TPSA) is 88.1 Å². The van der Waals surface area contributed by atoms with Crippen LogP contribution in [0.4, 0.5) is 0 Å². The Kier molecular flexibility index (Phi) is 8.60. The molecule has 0 saturated carbocycles. The van der Waals surface area contributed by atoms with E-state index in [0.29, 0.717) is 21.6 Å². The normalized spacial score (nSPS) is 14.8. The Hall–Kier alpha value is -3.43. The lowest BCUT2D eigenvalue weighted by molar-refractivity contribution is -0.121. The highest BCUT2D eigenvalue weighted by molar-refractivity contribution is 7.85. The van der Waals surface area contributed by atoms with Gasteiger partial charge in [0.25, 0.3) is 11.8 Å². The van der Waals surface area contributed by atoms with Crippen LogP contribution < -0.4 is 9.74 Å². The monoisotopic (exact) mass is 535 g/mol. The molecule has 37 heavy (non-hydrogen) atoms. The number of aliphatic imine (C=N–C) groups is 1. The fourth-order valence-corrected chi connectivity index (χ4v) is 4.63. The maximum absolute atomic E-state index is 13.2. The van der Waals surface area contributed by atoms with Crippen LogP contribution in [0.1, 0.15) is 53.0 Å². The van der Waals surface area contributed by atoms with Crippen molar-refractivity contribution in [3.05, 3.63) is 89.1 Å². The molecule has 0 fully saturated rings. The lowest BCUT2D eigenvalue weighted by Gasteiger charge is -2.36. The Morgan fingerprint density at radius 3 is 2.19 bits per heavy atom. The Bertz CT molecular complexity index is 1230. The Balaban J connectivity index is 1.86. The smallest absolute Gasteiger partial charge is 0.261 e. The summed E-state index contributed by atoms with van der Waals surface area (Å²) < 4.78 is 6.36. The van der Waals surface area contributed by atoms with Crippen molar-refractivity contribution in [1.29, 1.82) is 0 Å². The first kappa shape index (κ1) is 28.1. The summed E-state index contributed by atoms with van der Waals surface area (Å²) in [6.45, 7) is 14.3. The summed E-state index contributed by atoms with van der Waals surface area (Å²) in [4.78, 5) is 44.8. The average Bonchev–Trinajstić information content (AvgIpc) is 3.06. The molecule has 1 heterocycles. The van der Waals surface area contributed by atoms with Crippen LogP contribution >= 0.6 is 12.6 Å². The van der Waals surface area contributed by atoms with Gasteiger partial charge in [-0.1, -0.05) is 51.6 Å². The van der Waals surface area contributed by atoms with Gasteiger partial charge in [0.2, 0.25) is 14.2 Å². The summed E-state index contributed by atoms with van der Waals surface area (Å²) in [6.07, 6.45) is 4.22. The molecule has 1 atom stereocenters. The molecule has 0 spiro atoms. The van der Waals surface area contributed by atoms with Gasteiger partial charge in [-0.25, -0.2) is 0 Å². The number of hydrogen-bond donors (Lipinski definition) is 2. The van der Waals surface area contributed by atoms with E-state index in [9.17, 15) is 14.4 Å². The zero-order valence-corrected chi connectivity index (χ0v) is 23.7. The molecule has 3 rings (SSSR count). The molecule has 2 aromatic rings. The van der Waals surface area contributed by atoms with Gasteiger partial charge in [0.05, 0.1) is 17.0 Å². The number of thiol groups is 1. The van der Waals surface area contributed by atoms with Crippen LogP contribution in [-0.2, 0) is 4.79 Å². The standard InChI is InChI=1S/C28H33N3O4SSi/c1-19(36)17-29-15-16-30-25(32)24(18-31-26(33)22-9-7-8-10-23(22)27(31)34)20-11-13-21(14-12-20)35-37(5,6)28(2,3)4/h7-17,24,36H,1,18H2,2-6H3,(H,30,32)/b16-15-,29-17-. The van der Waals surface area contributed by atoms with Crippen molar-refractivity contribution < 1.29 is 18.8 Å². The van der Waals surface area contributed by atoms with Gasteiger partial charge in [0.1, 0.15) is 5.75 Å². The minimum Gasteiger partial charge on any atom is -0.544 e. The second-order valence-corrected chi connectivity index (χ2v) is 15.6. The largest absolute Gasteiger partial charge is 0.544 e. The van der Waals surface area contributed by atoms with E-state index < -0.39 is 26.0 Å². The van der Waals surface area contributed by atoms with Gasteiger partial charge >= 0.3 is 0 Å². The van der Waals surface area contributed by atoms with Crippen LogP contribution in [0, 0.1) is 0 Å². The van der Waals surface area contributed by atoms with E-state index in [1.54, 1.807) is 36.4 Å². The van der Waals surface area contributed by atoms with Gasteiger partial charge < -0.3 is 9.74 Å². The highest BCUT2D eigenvalue weighted by Gasteiger charge is 2.40. The van der Waals surface area contributed by atoms with Crippen LogP contribution in [0.3, 0.4) is 0 Å². The number of nitrogens with one attached hydrogen (secondary N) is 1. The molecule has 0 radical (unpaired) electrons. The number of carbonyl (C=O) groups is 3. The van der Waals surface area contributed by atoms with Gasteiger partial charge in [-0.2, -0.15) is 0 Å². The van der Waals surface area contributed by atoms with Crippen LogP contribution in [0.5, 0.6) is 5.75 Å². The van der Waals surface area contributed by atoms with Crippen molar-refractivity contribution in [3.8, 4) is 5.75 Å². The van der Waals surface area contributed by atoms with Gasteiger partial charge in [0.15, 0.2) is 0 Å². The fraction of sp³-hybridized carbons (Fsp3) is 0.286. The second-order valence-electron chi connectivity index (χ2n) is 10.3. The van der Waals surface area contributed by atoms with Gasteiger partial charge in [-0.3, -0.25) is 24.3 Å². The van der Waals surface area contributed by atoms with Crippen molar-refractivity contribution in [2.24, 2.45) is 4.99 Å². The number of carbonyl (C=O) groups excluding carboxylic acids is 3. The number of imide groups is 1. The quantitative estimate of drug-likeness (QED) is 0.191. The summed E-state index contributed by atoms with van der Waals surface area (Å²) in [6, 6.07) is 13.9. The Morgan fingerprint density at radius 2 is 1.68 bits per heavy atom. The van der Waals surface area contributed by atoms with Crippen molar-refractivity contribution >= 4 is 44.9 Å². The molecule has 1 aliphatic rings. The van der Waals surface area contributed by atoms with Crippen LogP contribution in [0.25, 0.3) is 0 Å². The molecule has 2 aromatic carbocycles. The maximum atomic E-state index is 13.2. The highest BCUT2D eigenvalue weighted by Crippen LogP contribution is 2.37. The number of amides is 3. The molecule has 1 aliphatic heterocycles. The number of hydrogen-bond acceptors (Lipinski definition) is 6. The number of benzene rings is 2. The number of rotatable bonds is 9. The molecule has 3 amide bonds. The summed E-state index contributed by atoms with van der Waals surface area (Å²) in [5.74, 6) is -1.30. The highest BCUT2D eigenvalue weighted by atomic mass is 32.1. The van der Waals surface area contributed by atoms with E-state index in [1.807, 2.05) is 12.1 Å². The van der Waals surface area contributed by atoms with E-state index >= 15 is 0 Å². The van der Waals surface area contributed by atoms with E-state index in [-0.39, 0.29) is 17.5 Å². The molecule has 0 aromatic heterocycles. The van der Waals surface area contributed by atoms with Crippen molar-refractivity contribution in [2.75, 3.05) is 6.54 Å². The number of fused-ring (bicyclic) bond motifs is 1. The predicted molar refractivity (Wildman–Crippen MR) is 153 cm³/mol.